The number of piperidine rings is 1. The van der Waals surface area contributed by atoms with E-state index in [9.17, 15) is 4.79 Å². The number of aromatic nitrogens is 3. The van der Waals surface area contributed by atoms with Crippen LogP contribution in [-0.2, 0) is 4.79 Å². The van der Waals surface area contributed by atoms with E-state index < -0.39 is 0 Å². The second kappa shape index (κ2) is 6.72. The minimum atomic E-state index is -0.0829. The third-order valence-electron chi connectivity index (χ3n) is 4.46. The highest BCUT2D eigenvalue weighted by molar-refractivity contribution is 6.30. The molecule has 1 saturated heterocycles. The van der Waals surface area contributed by atoms with E-state index >= 15 is 0 Å². The molecule has 0 aliphatic carbocycles. The first-order valence-corrected chi connectivity index (χ1v) is 8.69. The highest BCUT2D eigenvalue weighted by Gasteiger charge is 2.28. The van der Waals surface area contributed by atoms with Gasteiger partial charge in [-0.3, -0.25) is 9.20 Å². The Bertz CT molecular complexity index is 895. The first-order valence-electron chi connectivity index (χ1n) is 8.32. The topological polar surface area (TPSA) is 62.5 Å². The molecule has 3 aromatic rings. The molecule has 1 atom stereocenters. The fourth-order valence-electron chi connectivity index (χ4n) is 3.21. The van der Waals surface area contributed by atoms with Crippen LogP contribution < -0.4 is 10.2 Å². The molecule has 6 nitrogen and oxygen atoms in total. The van der Waals surface area contributed by atoms with Crippen molar-refractivity contribution in [2.24, 2.45) is 5.92 Å². The molecule has 25 heavy (non-hydrogen) atoms. The van der Waals surface area contributed by atoms with Crippen LogP contribution in [0.4, 0.5) is 11.6 Å². The van der Waals surface area contributed by atoms with Gasteiger partial charge in [-0.1, -0.05) is 29.8 Å². The average Bonchev–Trinajstić information content (AvgIpc) is 3.05. The Kier molecular flexibility index (Phi) is 4.28. The monoisotopic (exact) mass is 355 g/mol. The van der Waals surface area contributed by atoms with Crippen molar-refractivity contribution in [2.75, 3.05) is 23.3 Å². The van der Waals surface area contributed by atoms with Crippen LogP contribution >= 0.6 is 11.6 Å². The zero-order chi connectivity index (χ0) is 17.2. The van der Waals surface area contributed by atoms with E-state index in [0.29, 0.717) is 11.6 Å². The van der Waals surface area contributed by atoms with Crippen LogP contribution in [0.15, 0.2) is 48.7 Å². The van der Waals surface area contributed by atoms with E-state index in [2.05, 4.69) is 20.4 Å². The van der Waals surface area contributed by atoms with Crippen LogP contribution in [0.2, 0.25) is 5.02 Å². The number of nitrogens with one attached hydrogen (secondary N) is 1. The molecule has 0 saturated carbocycles. The predicted molar refractivity (Wildman–Crippen MR) is 98.0 cm³/mol. The molecule has 1 fully saturated rings. The maximum Gasteiger partial charge on any atom is 0.231 e. The minimum absolute atomic E-state index is 0.0442. The second-order valence-electron chi connectivity index (χ2n) is 6.22. The van der Waals surface area contributed by atoms with Gasteiger partial charge in [0.15, 0.2) is 5.65 Å². The smallest absolute Gasteiger partial charge is 0.231 e. The zero-order valence-electron chi connectivity index (χ0n) is 13.6. The highest BCUT2D eigenvalue weighted by atomic mass is 35.5. The van der Waals surface area contributed by atoms with E-state index in [1.807, 2.05) is 40.8 Å². The fourth-order valence-corrected chi connectivity index (χ4v) is 3.37. The third kappa shape index (κ3) is 3.30. The highest BCUT2D eigenvalue weighted by Crippen LogP contribution is 2.24. The van der Waals surface area contributed by atoms with Crippen LogP contribution in [0, 0.1) is 5.92 Å². The molecule has 1 amide bonds. The quantitative estimate of drug-likeness (QED) is 0.783. The van der Waals surface area contributed by atoms with Crippen molar-refractivity contribution in [3.05, 3.63) is 53.7 Å². The van der Waals surface area contributed by atoms with Gasteiger partial charge >= 0.3 is 0 Å². The van der Waals surface area contributed by atoms with Crippen molar-refractivity contribution in [3.8, 4) is 0 Å². The number of hydrogen-bond acceptors (Lipinski definition) is 4. The molecule has 0 unspecified atom stereocenters. The van der Waals surface area contributed by atoms with E-state index in [1.54, 1.807) is 12.3 Å². The number of nitrogens with zero attached hydrogens (tertiary/aromatic N) is 4. The molecule has 1 aliphatic rings. The Hall–Kier alpha value is -2.60. The number of rotatable bonds is 3. The first kappa shape index (κ1) is 15.9. The molecule has 1 aliphatic heterocycles. The molecule has 4 rings (SSSR count). The lowest BCUT2D eigenvalue weighted by Crippen LogP contribution is -2.41. The molecular weight excluding hydrogens is 338 g/mol. The lowest BCUT2D eigenvalue weighted by atomic mass is 9.97. The van der Waals surface area contributed by atoms with Crippen LogP contribution in [0.3, 0.4) is 0 Å². The Morgan fingerprint density at radius 3 is 2.84 bits per heavy atom. The number of pyridine rings is 1. The maximum atomic E-state index is 12.6. The van der Waals surface area contributed by atoms with Gasteiger partial charge < -0.3 is 10.2 Å². The third-order valence-corrected chi connectivity index (χ3v) is 4.69. The van der Waals surface area contributed by atoms with Crippen LogP contribution in [0.25, 0.3) is 5.65 Å². The van der Waals surface area contributed by atoms with Crippen LogP contribution in [0.1, 0.15) is 12.8 Å². The van der Waals surface area contributed by atoms with Crippen molar-refractivity contribution in [3.63, 3.8) is 0 Å². The number of benzene rings is 1. The first-order chi connectivity index (χ1) is 12.2. The molecule has 1 N–H and O–H groups in total. The molecule has 1 aromatic carbocycles. The van der Waals surface area contributed by atoms with Crippen molar-refractivity contribution in [1.29, 1.82) is 0 Å². The number of anilines is 2. The molecule has 0 bridgehead atoms. The van der Waals surface area contributed by atoms with Gasteiger partial charge in [0.05, 0.1) is 10.9 Å². The van der Waals surface area contributed by atoms with Gasteiger partial charge in [-0.2, -0.15) is 0 Å². The summed E-state index contributed by atoms with van der Waals surface area (Å²) in [6.07, 6.45) is 3.61. The summed E-state index contributed by atoms with van der Waals surface area (Å²) in [7, 11) is 0. The predicted octanol–water partition coefficient (Wildman–Crippen LogP) is 3.24. The van der Waals surface area contributed by atoms with Gasteiger partial charge in [0.1, 0.15) is 0 Å². The van der Waals surface area contributed by atoms with E-state index in [-0.39, 0.29) is 11.8 Å². The van der Waals surface area contributed by atoms with Crippen molar-refractivity contribution >= 4 is 34.8 Å². The normalized spacial score (nSPS) is 17.6. The zero-order valence-corrected chi connectivity index (χ0v) is 14.4. The van der Waals surface area contributed by atoms with Crippen LogP contribution in [-0.4, -0.2) is 33.6 Å². The summed E-state index contributed by atoms with van der Waals surface area (Å²) in [4.78, 5) is 14.7. The number of amides is 1. The number of para-hydroxylation sites is 1. The fraction of sp³-hybridized carbons (Fsp3) is 0.278. The Balaban J connectivity index is 1.52. The second-order valence-corrected chi connectivity index (χ2v) is 6.65. The van der Waals surface area contributed by atoms with Gasteiger partial charge in [-0.05, 0) is 37.1 Å². The van der Waals surface area contributed by atoms with Crippen molar-refractivity contribution < 1.29 is 4.79 Å². The lowest BCUT2D eigenvalue weighted by Gasteiger charge is -2.32. The number of hydrogen-bond donors (Lipinski definition) is 1. The van der Waals surface area contributed by atoms with Crippen molar-refractivity contribution in [1.82, 2.24) is 14.6 Å². The van der Waals surface area contributed by atoms with Gasteiger partial charge in [0.25, 0.3) is 0 Å². The van der Waals surface area contributed by atoms with Gasteiger partial charge in [-0.25, -0.2) is 0 Å². The standard InChI is InChI=1S/C18H18ClN5O/c19-14-8-9-16-21-22-18(24(16)12-14)23-10-4-5-13(11-23)17(25)20-15-6-2-1-3-7-15/h1-3,6-9,12-13H,4-5,10-11H2,(H,20,25)/t13-/m1/s1. The number of fused-ring (bicyclic) bond motifs is 1. The summed E-state index contributed by atoms with van der Waals surface area (Å²) in [5.41, 5.74) is 1.57. The summed E-state index contributed by atoms with van der Waals surface area (Å²) in [5, 5.41) is 12.1. The lowest BCUT2D eigenvalue weighted by molar-refractivity contribution is -0.120. The van der Waals surface area contributed by atoms with Crippen molar-refractivity contribution in [2.45, 2.75) is 12.8 Å². The number of halogens is 1. The summed E-state index contributed by atoms with van der Waals surface area (Å²) < 4.78 is 1.87. The van der Waals surface area contributed by atoms with E-state index in [1.165, 1.54) is 0 Å². The largest absolute Gasteiger partial charge is 0.340 e. The maximum absolute atomic E-state index is 12.6. The van der Waals surface area contributed by atoms with Crippen LogP contribution in [0.5, 0.6) is 0 Å². The number of carbonyl (C=O) groups is 1. The molecule has 0 radical (unpaired) electrons. The van der Waals surface area contributed by atoms with Gasteiger partial charge in [0, 0.05) is 25.0 Å². The molecule has 7 heteroatoms. The summed E-state index contributed by atoms with van der Waals surface area (Å²) >= 11 is 6.10. The summed E-state index contributed by atoms with van der Waals surface area (Å²) in [6.45, 7) is 1.47. The molecule has 128 valence electrons. The Morgan fingerprint density at radius 1 is 1.16 bits per heavy atom. The number of carbonyl (C=O) groups excluding carboxylic acids is 1. The Labute approximate surface area is 150 Å². The summed E-state index contributed by atoms with van der Waals surface area (Å²) in [6, 6.07) is 13.2. The summed E-state index contributed by atoms with van der Waals surface area (Å²) in [5.74, 6) is 0.693. The molecule has 3 heterocycles. The molecular formula is C18H18ClN5O. The van der Waals surface area contributed by atoms with Gasteiger partial charge in [-0.15, -0.1) is 10.2 Å². The van der Waals surface area contributed by atoms with E-state index in [4.69, 9.17) is 11.6 Å². The molecule has 2 aromatic heterocycles. The average molecular weight is 356 g/mol. The Morgan fingerprint density at radius 2 is 2.00 bits per heavy atom. The van der Waals surface area contributed by atoms with E-state index in [0.717, 1.165) is 36.7 Å². The minimum Gasteiger partial charge on any atom is -0.340 e. The molecule has 0 spiro atoms. The SMILES string of the molecule is O=C(Nc1ccccc1)[C@@H]1CCCN(c2nnc3ccc(Cl)cn23)C1. The van der Waals surface area contributed by atoms with Gasteiger partial charge in [0.2, 0.25) is 11.9 Å².